The molecule has 188 valence electrons. The number of primary amides is 1. The molecule has 0 unspecified atom stereocenters. The average molecular weight is 491 g/mol. The average Bonchev–Trinajstić information content (AvgIpc) is 3.22. The lowest BCUT2D eigenvalue weighted by Crippen LogP contribution is -2.31. The fourth-order valence-electron chi connectivity index (χ4n) is 4.15. The molecular formula is C26H31FN8O. The van der Waals surface area contributed by atoms with Crippen LogP contribution in [0.1, 0.15) is 35.8 Å². The van der Waals surface area contributed by atoms with Crippen LogP contribution in [0.4, 0.5) is 27.5 Å². The molecule has 4 rings (SSSR count). The Morgan fingerprint density at radius 2 is 1.86 bits per heavy atom. The molecule has 6 N–H and O–H groups in total. The molecule has 0 spiro atoms. The first-order valence-electron chi connectivity index (χ1n) is 11.7. The Balaban J connectivity index is 1.74. The standard InChI is InChI=1S/C26H31FN8O/c1-5-35-21-12-11-17(13-18(21)26(33-35)34(3)4)30-24-19(23(29)36)14-20(27)25(32-24)31-22(15(2)28)16-9-7-6-8-10-16/h6-15,22H,5,28H2,1-4H3,(H2,29,36)(H2,30,31,32)/t15-,22-/m0/s1. The molecule has 2 aromatic carbocycles. The van der Waals surface area contributed by atoms with Gasteiger partial charge in [0.25, 0.3) is 5.91 Å². The molecule has 2 heterocycles. The van der Waals surface area contributed by atoms with Gasteiger partial charge in [0.1, 0.15) is 5.82 Å². The first-order valence-corrected chi connectivity index (χ1v) is 11.7. The highest BCUT2D eigenvalue weighted by atomic mass is 19.1. The van der Waals surface area contributed by atoms with Gasteiger partial charge < -0.3 is 27.0 Å². The Bertz CT molecular complexity index is 1380. The van der Waals surface area contributed by atoms with Crippen LogP contribution in [0.3, 0.4) is 0 Å². The minimum Gasteiger partial charge on any atom is -0.365 e. The number of benzene rings is 2. The largest absolute Gasteiger partial charge is 0.365 e. The van der Waals surface area contributed by atoms with Gasteiger partial charge in [0.05, 0.1) is 17.1 Å². The number of rotatable bonds is 9. The fraction of sp³-hybridized carbons (Fsp3) is 0.269. The molecule has 36 heavy (non-hydrogen) atoms. The van der Waals surface area contributed by atoms with Crippen molar-refractivity contribution >= 4 is 40.0 Å². The Labute approximate surface area is 209 Å². The summed E-state index contributed by atoms with van der Waals surface area (Å²) in [6.45, 7) is 4.58. The van der Waals surface area contributed by atoms with Crippen molar-refractivity contribution in [3.63, 3.8) is 0 Å². The second-order valence-electron chi connectivity index (χ2n) is 8.86. The van der Waals surface area contributed by atoms with Gasteiger partial charge in [-0.15, -0.1) is 0 Å². The van der Waals surface area contributed by atoms with Gasteiger partial charge in [-0.3, -0.25) is 9.48 Å². The van der Waals surface area contributed by atoms with Crippen molar-refractivity contribution in [1.82, 2.24) is 14.8 Å². The van der Waals surface area contributed by atoms with Crippen LogP contribution in [0.2, 0.25) is 0 Å². The topological polar surface area (TPSA) is 127 Å². The number of nitrogens with two attached hydrogens (primary N) is 2. The van der Waals surface area contributed by atoms with Crippen LogP contribution < -0.4 is 27.0 Å². The molecule has 0 aliphatic heterocycles. The van der Waals surface area contributed by atoms with Crippen LogP contribution in [-0.2, 0) is 6.54 Å². The third-order valence-corrected chi connectivity index (χ3v) is 5.94. The number of hydrogen-bond acceptors (Lipinski definition) is 7. The first kappa shape index (κ1) is 24.9. The number of nitrogens with zero attached hydrogens (tertiary/aromatic N) is 4. The second kappa shape index (κ2) is 10.2. The van der Waals surface area contributed by atoms with Gasteiger partial charge in [-0.2, -0.15) is 5.10 Å². The Morgan fingerprint density at radius 1 is 1.14 bits per heavy atom. The first-order chi connectivity index (χ1) is 17.2. The van der Waals surface area contributed by atoms with Crippen LogP contribution >= 0.6 is 0 Å². The summed E-state index contributed by atoms with van der Waals surface area (Å²) in [6, 6.07) is 15.5. The van der Waals surface area contributed by atoms with E-state index in [1.807, 2.05) is 86.1 Å². The molecule has 4 aromatic rings. The molecule has 0 aliphatic rings. The van der Waals surface area contributed by atoms with Crippen molar-refractivity contribution in [3.05, 3.63) is 71.5 Å². The highest BCUT2D eigenvalue weighted by Gasteiger charge is 2.22. The lowest BCUT2D eigenvalue weighted by molar-refractivity contribution is 0.100. The van der Waals surface area contributed by atoms with E-state index in [0.29, 0.717) is 5.69 Å². The molecule has 2 atom stereocenters. The summed E-state index contributed by atoms with van der Waals surface area (Å²) in [5.41, 5.74) is 14.2. The summed E-state index contributed by atoms with van der Waals surface area (Å²) in [5.74, 6) is -0.594. The smallest absolute Gasteiger partial charge is 0.252 e. The monoisotopic (exact) mass is 490 g/mol. The van der Waals surface area contributed by atoms with E-state index in [1.165, 1.54) is 0 Å². The van der Waals surface area contributed by atoms with E-state index in [9.17, 15) is 4.79 Å². The molecule has 2 aromatic heterocycles. The Kier molecular flexibility index (Phi) is 7.07. The van der Waals surface area contributed by atoms with E-state index >= 15 is 4.39 Å². The lowest BCUT2D eigenvalue weighted by Gasteiger charge is -2.24. The number of carbonyl (C=O) groups is 1. The van der Waals surface area contributed by atoms with Crippen LogP contribution in [0.25, 0.3) is 10.9 Å². The Morgan fingerprint density at radius 3 is 2.47 bits per heavy atom. The molecule has 0 saturated carbocycles. The predicted octanol–water partition coefficient (Wildman–Crippen LogP) is 4.00. The number of hydrogen-bond donors (Lipinski definition) is 4. The van der Waals surface area contributed by atoms with Gasteiger partial charge in [0.2, 0.25) is 0 Å². The molecule has 0 saturated heterocycles. The number of anilines is 4. The molecule has 1 amide bonds. The SMILES string of the molecule is CCn1nc(N(C)C)c2cc(Nc3nc(N[C@H](c4ccccc4)[C@H](C)N)c(F)cc3C(N)=O)ccc21. The number of aryl methyl sites for hydroxylation is 1. The Hall–Kier alpha value is -4.18. The third-order valence-electron chi connectivity index (χ3n) is 5.94. The minimum absolute atomic E-state index is 0.0393. The molecule has 0 bridgehead atoms. The highest BCUT2D eigenvalue weighted by Crippen LogP contribution is 2.31. The van der Waals surface area contributed by atoms with Crippen LogP contribution in [-0.4, -0.2) is 40.8 Å². The number of halogens is 1. The molecule has 0 aliphatic carbocycles. The second-order valence-corrected chi connectivity index (χ2v) is 8.86. The van der Waals surface area contributed by atoms with Gasteiger partial charge in [-0.25, -0.2) is 9.37 Å². The summed E-state index contributed by atoms with van der Waals surface area (Å²) in [6.07, 6.45) is 0. The molecule has 10 heteroatoms. The summed E-state index contributed by atoms with van der Waals surface area (Å²) in [7, 11) is 3.85. The molecule has 0 radical (unpaired) electrons. The molecular weight excluding hydrogens is 459 g/mol. The zero-order chi connectivity index (χ0) is 26.0. The summed E-state index contributed by atoms with van der Waals surface area (Å²) in [4.78, 5) is 18.5. The lowest BCUT2D eigenvalue weighted by atomic mass is 10.0. The van der Waals surface area contributed by atoms with E-state index < -0.39 is 17.8 Å². The van der Waals surface area contributed by atoms with Crippen molar-refractivity contribution in [2.75, 3.05) is 29.6 Å². The van der Waals surface area contributed by atoms with E-state index in [1.54, 1.807) is 0 Å². The van der Waals surface area contributed by atoms with Crippen molar-refractivity contribution in [1.29, 1.82) is 0 Å². The van der Waals surface area contributed by atoms with Crippen LogP contribution in [0.15, 0.2) is 54.6 Å². The summed E-state index contributed by atoms with van der Waals surface area (Å²) >= 11 is 0. The molecule has 9 nitrogen and oxygen atoms in total. The number of nitrogens with one attached hydrogen (secondary N) is 2. The molecule has 0 fully saturated rings. The van der Waals surface area contributed by atoms with Crippen molar-refractivity contribution in [2.45, 2.75) is 32.5 Å². The number of amides is 1. The zero-order valence-electron chi connectivity index (χ0n) is 20.8. The van der Waals surface area contributed by atoms with Crippen molar-refractivity contribution in [2.24, 2.45) is 11.5 Å². The van der Waals surface area contributed by atoms with Gasteiger partial charge in [0, 0.05) is 37.8 Å². The van der Waals surface area contributed by atoms with E-state index in [2.05, 4.69) is 20.7 Å². The maximum Gasteiger partial charge on any atom is 0.252 e. The summed E-state index contributed by atoms with van der Waals surface area (Å²) in [5, 5.41) is 11.8. The van der Waals surface area contributed by atoms with E-state index in [4.69, 9.17) is 11.5 Å². The zero-order valence-corrected chi connectivity index (χ0v) is 20.8. The normalized spacial score (nSPS) is 12.8. The predicted molar refractivity (Wildman–Crippen MR) is 142 cm³/mol. The van der Waals surface area contributed by atoms with Gasteiger partial charge in [-0.1, -0.05) is 30.3 Å². The van der Waals surface area contributed by atoms with Crippen LogP contribution in [0.5, 0.6) is 0 Å². The minimum atomic E-state index is -0.795. The summed E-state index contributed by atoms with van der Waals surface area (Å²) < 4.78 is 17.0. The van der Waals surface area contributed by atoms with Gasteiger partial charge in [0.15, 0.2) is 17.5 Å². The third kappa shape index (κ3) is 4.94. The van der Waals surface area contributed by atoms with Crippen molar-refractivity contribution in [3.8, 4) is 0 Å². The maximum absolute atomic E-state index is 15.0. The fourth-order valence-corrected chi connectivity index (χ4v) is 4.15. The number of pyridine rings is 1. The number of fused-ring (bicyclic) bond motifs is 1. The number of carbonyl (C=O) groups excluding carboxylic acids is 1. The highest BCUT2D eigenvalue weighted by molar-refractivity contribution is 5.99. The number of aromatic nitrogens is 3. The van der Waals surface area contributed by atoms with Crippen LogP contribution in [0, 0.1) is 5.82 Å². The quantitative estimate of drug-likeness (QED) is 0.279. The van der Waals surface area contributed by atoms with Gasteiger partial charge in [-0.05, 0) is 43.7 Å². The van der Waals surface area contributed by atoms with Crippen molar-refractivity contribution < 1.29 is 9.18 Å². The maximum atomic E-state index is 15.0. The van der Waals surface area contributed by atoms with E-state index in [-0.39, 0.29) is 23.2 Å². The van der Waals surface area contributed by atoms with E-state index in [0.717, 1.165) is 34.9 Å². The van der Waals surface area contributed by atoms with Gasteiger partial charge >= 0.3 is 0 Å².